The Kier molecular flexibility index (Phi) is 18.3. The highest BCUT2D eigenvalue weighted by molar-refractivity contribution is 7.92. The van der Waals surface area contributed by atoms with Gasteiger partial charge in [0.2, 0.25) is 19.7 Å². The Hall–Kier alpha value is -11.0. The number of phenolic OH excluding ortho intramolecular Hbond substituents is 1. The first-order valence-corrected chi connectivity index (χ1v) is 36.2. The predicted octanol–water partition coefficient (Wildman–Crippen LogP) is 20.4. The lowest BCUT2D eigenvalue weighted by Gasteiger charge is -2.08. The van der Waals surface area contributed by atoms with Crippen molar-refractivity contribution in [1.82, 2.24) is 0 Å². The van der Waals surface area contributed by atoms with Gasteiger partial charge in [0.25, 0.3) is 11.4 Å². The highest BCUT2D eigenvalue weighted by atomic mass is 32.2. The Balaban J connectivity index is 0.000000106. The fourth-order valence-electron chi connectivity index (χ4n) is 12.1. The molecule has 0 saturated carbocycles. The molecular weight excluding hydrogens is 1360 g/mol. The minimum absolute atomic E-state index is 0.0719. The zero-order chi connectivity index (χ0) is 68.6. The number of thiophene rings is 4. The molecule has 0 unspecified atom stereocenters. The standard InChI is InChI=1S/C13H9NO5S.C13H11NO3S.C13H9NO3S.C13H10OS.C12H8OS.C12H8S/c1-19-10-7-6-9(14(15)16)12-8-4-2-3-5-11(8)20(17,18)13(10)12;1-17-10-7-6-9(14)12-8-4-2-3-5-11(8)18(15,16)13(10)12;1-17-10-7-6-9(14(15)16)12-8-4-2-3-5-11(8)18-13(10)12;1-14-11-7-4-6-10-9-5-2-3-8-12(9)15-13(10)11;13-10-6-3-5-9-8-4-1-2-7-11(8)14-12(9)10;1-3-7-11-9(5-1)10-6-2-4-8-12(10)13-11/h2-7H,1H3;2-7H,14H2,1H3;2-7H,1H3;2-8H,1H3;1-7,13H;1-8H. The third-order valence-electron chi connectivity index (χ3n) is 16.5. The number of sulfone groups is 2. The first-order valence-electron chi connectivity index (χ1n) is 30.0. The van der Waals surface area contributed by atoms with E-state index in [1.165, 1.54) is 100 Å². The molecule has 0 atom stereocenters. The van der Waals surface area contributed by atoms with E-state index in [1.807, 2.05) is 72.0 Å². The highest BCUT2D eigenvalue weighted by Gasteiger charge is 2.41. The topological polar surface area (TPSA) is 238 Å². The van der Waals surface area contributed by atoms with Crippen LogP contribution in [0, 0.1) is 20.2 Å². The molecule has 12 aromatic carbocycles. The molecule has 0 aliphatic carbocycles. The van der Waals surface area contributed by atoms with Gasteiger partial charge in [0.15, 0.2) is 0 Å². The molecule has 0 fully saturated rings. The summed E-state index contributed by atoms with van der Waals surface area (Å²) in [7, 11) is -1.25. The summed E-state index contributed by atoms with van der Waals surface area (Å²) >= 11 is 6.80. The van der Waals surface area contributed by atoms with Gasteiger partial charge < -0.3 is 29.8 Å². The van der Waals surface area contributed by atoms with E-state index in [1.54, 1.807) is 104 Å². The Bertz CT molecular complexity index is 6010. The number of nitrogen functional groups attached to an aromatic ring is 1. The van der Waals surface area contributed by atoms with Crippen molar-refractivity contribution < 1.29 is 50.7 Å². The van der Waals surface area contributed by atoms with Crippen LogP contribution in [0.5, 0.6) is 28.7 Å². The summed E-state index contributed by atoms with van der Waals surface area (Å²) in [6.07, 6.45) is 0. The molecule has 16 aromatic rings. The van der Waals surface area contributed by atoms with Gasteiger partial charge in [0, 0.05) is 95.7 Å². The molecule has 0 amide bonds. The molecule has 6 heterocycles. The van der Waals surface area contributed by atoms with Crippen LogP contribution in [0.15, 0.2) is 262 Å². The quantitative estimate of drug-likeness (QED) is 0.0895. The summed E-state index contributed by atoms with van der Waals surface area (Å²) in [5.41, 5.74) is 7.87. The van der Waals surface area contributed by atoms with E-state index < -0.39 is 24.6 Å². The lowest BCUT2D eigenvalue weighted by Crippen LogP contribution is -2.01. The van der Waals surface area contributed by atoms with Gasteiger partial charge in [-0.15, -0.1) is 45.3 Å². The number of rotatable bonds is 6. The van der Waals surface area contributed by atoms with Crippen molar-refractivity contribution >= 4 is 163 Å². The van der Waals surface area contributed by atoms with Gasteiger partial charge in [-0.05, 0) is 78.9 Å². The van der Waals surface area contributed by atoms with Gasteiger partial charge in [-0.1, -0.05) is 152 Å². The number of nitrogens with zero attached hydrogens (tertiary/aromatic N) is 2. The third-order valence-corrected chi connectivity index (χ3v) is 25.0. The molecule has 16 nitrogen and oxygen atoms in total. The van der Waals surface area contributed by atoms with Crippen LogP contribution in [-0.4, -0.2) is 60.2 Å². The Morgan fingerprint density at radius 2 is 0.714 bits per heavy atom. The minimum Gasteiger partial charge on any atom is -0.506 e. The van der Waals surface area contributed by atoms with Crippen LogP contribution in [-0.2, 0) is 19.7 Å². The molecule has 22 heteroatoms. The molecule has 0 saturated heterocycles. The molecule has 0 radical (unpaired) electrons. The summed E-state index contributed by atoms with van der Waals surface area (Å²) in [5, 5.41) is 41.3. The maximum absolute atomic E-state index is 12.5. The van der Waals surface area contributed by atoms with Crippen LogP contribution in [0.2, 0.25) is 0 Å². The van der Waals surface area contributed by atoms with E-state index in [9.17, 15) is 42.2 Å². The molecule has 2 aliphatic rings. The maximum Gasteiger partial charge on any atom is 0.278 e. The molecule has 98 heavy (non-hydrogen) atoms. The van der Waals surface area contributed by atoms with Gasteiger partial charge in [-0.3, -0.25) is 20.2 Å². The molecular formula is C76H55N3O13S6. The van der Waals surface area contributed by atoms with E-state index >= 15 is 0 Å². The number of nitro groups is 2. The van der Waals surface area contributed by atoms with Crippen LogP contribution >= 0.6 is 45.3 Å². The number of ether oxygens (including phenoxy) is 4. The third kappa shape index (κ3) is 11.9. The van der Waals surface area contributed by atoms with E-state index in [2.05, 4.69) is 91.0 Å². The van der Waals surface area contributed by atoms with Crippen LogP contribution in [0.25, 0.3) is 103 Å². The van der Waals surface area contributed by atoms with Crippen molar-refractivity contribution in [1.29, 1.82) is 0 Å². The van der Waals surface area contributed by atoms with Crippen LogP contribution in [0.4, 0.5) is 17.1 Å². The number of fused-ring (bicyclic) bond motifs is 18. The van der Waals surface area contributed by atoms with Crippen molar-refractivity contribution in [3.8, 4) is 51.0 Å². The molecule has 2 aliphatic heterocycles. The second-order valence-electron chi connectivity index (χ2n) is 21.9. The lowest BCUT2D eigenvalue weighted by atomic mass is 10.0. The summed E-state index contributed by atoms with van der Waals surface area (Å²) < 4.78 is 80.2. The number of hydrogen-bond donors (Lipinski definition) is 2. The zero-order valence-corrected chi connectivity index (χ0v) is 57.3. The predicted molar refractivity (Wildman–Crippen MR) is 398 cm³/mol. The first-order chi connectivity index (χ1) is 47.5. The number of non-ortho nitro benzene ring substituents is 1. The number of aromatic hydroxyl groups is 1. The summed E-state index contributed by atoms with van der Waals surface area (Å²) in [6.45, 7) is 0. The molecule has 0 bridgehead atoms. The fraction of sp³-hybridized carbons (Fsp3) is 0.0526. The second-order valence-corrected chi connectivity index (χ2v) is 29.9. The Labute approximate surface area is 576 Å². The zero-order valence-electron chi connectivity index (χ0n) is 52.4. The van der Waals surface area contributed by atoms with Crippen molar-refractivity contribution in [2.75, 3.05) is 34.2 Å². The average Bonchev–Trinajstić information content (AvgIpc) is 1.57. The number of phenols is 1. The molecule has 488 valence electrons. The van der Waals surface area contributed by atoms with Gasteiger partial charge in [-0.25, -0.2) is 16.8 Å². The van der Waals surface area contributed by atoms with E-state index in [0.29, 0.717) is 45.0 Å². The van der Waals surface area contributed by atoms with Crippen molar-refractivity contribution in [3.05, 3.63) is 263 Å². The normalized spacial score (nSPS) is 12.4. The second kappa shape index (κ2) is 27.3. The molecule has 4 aromatic heterocycles. The SMILES string of the molecule is COc1ccc(N)c2c1S(=O)(=O)c1ccccc1-2.COc1ccc([N+](=O)[O-])c2c1S(=O)(=O)c1ccccc1-2.COc1ccc([N+](=O)[O-])c2c1sc1ccccc12.COc1cccc2c1sc1ccccc12.Oc1cccc2c1sc1ccccc12.c1ccc2c(c1)sc1ccccc12. The van der Waals surface area contributed by atoms with Crippen LogP contribution < -0.4 is 24.7 Å². The number of hydrogen-bond acceptors (Lipinski definition) is 18. The maximum atomic E-state index is 12.5. The lowest BCUT2D eigenvalue weighted by molar-refractivity contribution is -0.384. The smallest absolute Gasteiger partial charge is 0.278 e. The fourth-order valence-corrected chi connectivity index (χ4v) is 20.4. The van der Waals surface area contributed by atoms with Gasteiger partial charge in [0.05, 0.1) is 73.1 Å². The van der Waals surface area contributed by atoms with E-state index in [4.69, 9.17) is 24.7 Å². The summed E-state index contributed by atoms with van der Waals surface area (Å²) in [4.78, 5) is 21.7. The Morgan fingerprint density at radius 1 is 0.357 bits per heavy atom. The monoisotopic (exact) mass is 1410 g/mol. The Morgan fingerprint density at radius 3 is 1.23 bits per heavy atom. The van der Waals surface area contributed by atoms with Crippen molar-refractivity contribution in [2.24, 2.45) is 0 Å². The summed E-state index contributed by atoms with van der Waals surface area (Å²) in [6, 6.07) is 75.4. The first kappa shape index (κ1) is 65.7. The van der Waals surface area contributed by atoms with Crippen molar-refractivity contribution in [3.63, 3.8) is 0 Å². The largest absolute Gasteiger partial charge is 0.506 e. The van der Waals surface area contributed by atoms with Crippen LogP contribution in [0.1, 0.15) is 0 Å². The van der Waals surface area contributed by atoms with Gasteiger partial charge in [-0.2, -0.15) is 0 Å². The molecule has 0 spiro atoms. The highest BCUT2D eigenvalue weighted by Crippen LogP contribution is 2.53. The van der Waals surface area contributed by atoms with Crippen molar-refractivity contribution in [2.45, 2.75) is 19.6 Å². The summed E-state index contributed by atoms with van der Waals surface area (Å²) in [5.74, 6) is 2.46. The van der Waals surface area contributed by atoms with Gasteiger partial charge in [0.1, 0.15) is 38.5 Å². The number of benzene rings is 12. The number of anilines is 1. The molecule has 3 N–H and O–H groups in total. The van der Waals surface area contributed by atoms with E-state index in [0.717, 1.165) is 30.6 Å². The minimum atomic E-state index is -3.79. The van der Waals surface area contributed by atoms with Crippen LogP contribution in [0.3, 0.4) is 0 Å². The average molecular weight is 1410 g/mol. The molecule has 18 rings (SSSR count). The van der Waals surface area contributed by atoms with E-state index in [-0.39, 0.29) is 47.2 Å². The number of nitro benzene ring substituents is 2. The van der Waals surface area contributed by atoms with Gasteiger partial charge >= 0.3 is 0 Å². The number of nitrogens with two attached hydrogens (primary N) is 1. The number of methoxy groups -OCH3 is 4.